The first-order chi connectivity index (χ1) is 16.7. The molecule has 7 nitrogen and oxygen atoms in total. The molecule has 0 atom stereocenters. The van der Waals surface area contributed by atoms with E-state index in [2.05, 4.69) is 16.4 Å². The van der Waals surface area contributed by atoms with Crippen molar-refractivity contribution in [3.8, 4) is 0 Å². The first kappa shape index (κ1) is 21.8. The van der Waals surface area contributed by atoms with Crippen LogP contribution in [0.1, 0.15) is 34.6 Å². The lowest BCUT2D eigenvalue weighted by atomic mass is 10.0. The van der Waals surface area contributed by atoms with Gasteiger partial charge in [0.25, 0.3) is 5.91 Å². The quantitative estimate of drug-likeness (QED) is 0.432. The number of amides is 2. The Balaban J connectivity index is 1.30. The van der Waals surface area contributed by atoms with Gasteiger partial charge in [0.05, 0.1) is 11.0 Å². The van der Waals surface area contributed by atoms with Crippen molar-refractivity contribution in [2.75, 3.05) is 18.0 Å². The van der Waals surface area contributed by atoms with Gasteiger partial charge < -0.3 is 14.8 Å². The lowest BCUT2D eigenvalue weighted by Gasteiger charge is -2.29. The molecule has 0 saturated heterocycles. The van der Waals surface area contributed by atoms with Gasteiger partial charge >= 0.3 is 0 Å². The number of carbonyl (C=O) groups is 2. The van der Waals surface area contributed by atoms with Crippen molar-refractivity contribution < 1.29 is 9.59 Å². The van der Waals surface area contributed by atoms with Gasteiger partial charge in [0.1, 0.15) is 12.4 Å². The number of nitrogens with one attached hydrogen (secondary N) is 1. The SMILES string of the molecule is O=C(NCCCc1nc2ccccc2n1CC(=O)N1CCCc2ccccc21)c1ccncc1. The third-order valence-electron chi connectivity index (χ3n) is 6.24. The summed E-state index contributed by atoms with van der Waals surface area (Å²) in [5.74, 6) is 0.815. The number of rotatable bonds is 7. The number of imidazole rings is 1. The van der Waals surface area contributed by atoms with Crippen LogP contribution in [0.2, 0.25) is 0 Å². The van der Waals surface area contributed by atoms with Gasteiger partial charge in [-0.2, -0.15) is 0 Å². The zero-order chi connectivity index (χ0) is 23.3. The van der Waals surface area contributed by atoms with E-state index in [1.54, 1.807) is 24.5 Å². The van der Waals surface area contributed by atoms with Crippen molar-refractivity contribution in [3.63, 3.8) is 0 Å². The molecule has 34 heavy (non-hydrogen) atoms. The summed E-state index contributed by atoms with van der Waals surface area (Å²) in [6.45, 7) is 1.50. The molecule has 0 saturated carbocycles. The lowest BCUT2D eigenvalue weighted by molar-refractivity contribution is -0.119. The molecular formula is C27H27N5O2. The molecule has 2 amide bonds. The first-order valence-corrected chi connectivity index (χ1v) is 11.7. The molecular weight excluding hydrogens is 426 g/mol. The number of pyridine rings is 1. The van der Waals surface area contributed by atoms with Crippen LogP contribution in [0.4, 0.5) is 5.69 Å². The Labute approximate surface area is 198 Å². The summed E-state index contributed by atoms with van der Waals surface area (Å²) < 4.78 is 2.03. The van der Waals surface area contributed by atoms with Crippen LogP contribution in [-0.4, -0.2) is 39.4 Å². The van der Waals surface area contributed by atoms with Gasteiger partial charge in [0, 0.05) is 43.2 Å². The molecule has 3 heterocycles. The van der Waals surface area contributed by atoms with Crippen LogP contribution in [0.25, 0.3) is 11.0 Å². The fourth-order valence-electron chi connectivity index (χ4n) is 4.56. The standard InChI is InChI=1S/C27H27N5O2/c33-26(31-18-6-8-20-7-1-3-10-23(20)31)19-32-24-11-4-2-9-22(24)30-25(32)12-5-15-29-27(34)21-13-16-28-17-14-21/h1-4,7,9-11,13-14,16-17H,5-6,8,12,15,18-19H2,(H,29,34). The third kappa shape index (κ3) is 4.55. The van der Waals surface area contributed by atoms with Gasteiger partial charge in [0.15, 0.2) is 0 Å². The second kappa shape index (κ2) is 9.87. The predicted molar refractivity (Wildman–Crippen MR) is 132 cm³/mol. The minimum Gasteiger partial charge on any atom is -0.352 e. The van der Waals surface area contributed by atoms with Crippen molar-refractivity contribution in [2.45, 2.75) is 32.2 Å². The molecule has 0 unspecified atom stereocenters. The van der Waals surface area contributed by atoms with E-state index >= 15 is 0 Å². The topological polar surface area (TPSA) is 80.1 Å². The maximum absolute atomic E-state index is 13.4. The first-order valence-electron chi connectivity index (χ1n) is 11.7. The number of aromatic nitrogens is 3. The van der Waals surface area contributed by atoms with Gasteiger partial charge in [-0.3, -0.25) is 14.6 Å². The van der Waals surface area contributed by atoms with Crippen LogP contribution in [0.5, 0.6) is 0 Å². The van der Waals surface area contributed by atoms with Crippen molar-refractivity contribution in [1.29, 1.82) is 0 Å². The van der Waals surface area contributed by atoms with E-state index in [4.69, 9.17) is 4.98 Å². The normalized spacial score (nSPS) is 13.0. The Morgan fingerprint density at radius 1 is 0.971 bits per heavy atom. The number of aryl methyl sites for hydroxylation is 2. The molecule has 7 heteroatoms. The van der Waals surface area contributed by atoms with Gasteiger partial charge in [-0.25, -0.2) is 4.98 Å². The van der Waals surface area contributed by atoms with E-state index in [0.717, 1.165) is 48.4 Å². The van der Waals surface area contributed by atoms with Gasteiger partial charge in [-0.05, 0) is 55.2 Å². The average molecular weight is 454 g/mol. The van der Waals surface area contributed by atoms with Crippen molar-refractivity contribution >= 4 is 28.5 Å². The van der Waals surface area contributed by atoms with E-state index in [1.165, 1.54) is 5.56 Å². The molecule has 1 aliphatic rings. The van der Waals surface area contributed by atoms with Crippen LogP contribution < -0.4 is 10.2 Å². The molecule has 5 rings (SSSR count). The molecule has 0 fully saturated rings. The number of hydrogen-bond acceptors (Lipinski definition) is 4. The number of nitrogens with zero attached hydrogens (tertiary/aromatic N) is 4. The Bertz CT molecular complexity index is 1320. The molecule has 172 valence electrons. The van der Waals surface area contributed by atoms with Crippen LogP contribution in [0.3, 0.4) is 0 Å². The molecule has 0 bridgehead atoms. The maximum Gasteiger partial charge on any atom is 0.251 e. The Morgan fingerprint density at radius 3 is 2.65 bits per heavy atom. The lowest BCUT2D eigenvalue weighted by Crippen LogP contribution is -2.38. The zero-order valence-electron chi connectivity index (χ0n) is 19.0. The van der Waals surface area contributed by atoms with Gasteiger partial charge in [-0.1, -0.05) is 30.3 Å². The van der Waals surface area contributed by atoms with Crippen molar-refractivity contribution in [3.05, 3.63) is 90.0 Å². The van der Waals surface area contributed by atoms with Gasteiger partial charge in [0.2, 0.25) is 5.91 Å². The molecule has 2 aromatic carbocycles. The Hall–Kier alpha value is -4.00. The summed E-state index contributed by atoms with van der Waals surface area (Å²) in [4.78, 5) is 36.3. The van der Waals surface area contributed by atoms with Crippen LogP contribution >= 0.6 is 0 Å². The number of hydrogen-bond donors (Lipinski definition) is 1. The number of carbonyl (C=O) groups excluding carboxylic acids is 2. The summed E-state index contributed by atoms with van der Waals surface area (Å²) in [5, 5.41) is 2.95. The summed E-state index contributed by atoms with van der Waals surface area (Å²) in [5.41, 5.74) is 4.67. The Morgan fingerprint density at radius 2 is 1.76 bits per heavy atom. The molecule has 2 aromatic heterocycles. The van der Waals surface area contributed by atoms with Crippen LogP contribution in [-0.2, 0) is 24.2 Å². The van der Waals surface area contributed by atoms with Crippen molar-refractivity contribution in [1.82, 2.24) is 19.9 Å². The fraction of sp³-hybridized carbons (Fsp3) is 0.259. The molecule has 1 N–H and O–H groups in total. The largest absolute Gasteiger partial charge is 0.352 e. The van der Waals surface area contributed by atoms with Crippen molar-refractivity contribution in [2.24, 2.45) is 0 Å². The van der Waals surface area contributed by atoms with E-state index in [-0.39, 0.29) is 18.4 Å². The summed E-state index contributed by atoms with van der Waals surface area (Å²) in [7, 11) is 0. The summed E-state index contributed by atoms with van der Waals surface area (Å²) in [6.07, 6.45) is 6.57. The number of fused-ring (bicyclic) bond motifs is 2. The third-order valence-corrected chi connectivity index (χ3v) is 6.24. The minimum absolute atomic E-state index is 0.0718. The van der Waals surface area contributed by atoms with Crippen LogP contribution in [0, 0.1) is 0 Å². The van der Waals surface area contributed by atoms with Crippen LogP contribution in [0.15, 0.2) is 73.1 Å². The molecule has 4 aromatic rings. The molecule has 0 radical (unpaired) electrons. The monoisotopic (exact) mass is 453 g/mol. The molecule has 0 spiro atoms. The predicted octanol–water partition coefficient (Wildman–Crippen LogP) is 3.77. The second-order valence-corrected chi connectivity index (χ2v) is 8.48. The highest BCUT2D eigenvalue weighted by Crippen LogP contribution is 2.27. The number of para-hydroxylation sites is 3. The van der Waals surface area contributed by atoms with E-state index in [1.807, 2.05) is 51.9 Å². The van der Waals surface area contributed by atoms with Gasteiger partial charge in [-0.15, -0.1) is 0 Å². The second-order valence-electron chi connectivity index (χ2n) is 8.48. The summed E-state index contributed by atoms with van der Waals surface area (Å²) >= 11 is 0. The highest BCUT2D eigenvalue weighted by molar-refractivity contribution is 5.95. The smallest absolute Gasteiger partial charge is 0.251 e. The van der Waals surface area contributed by atoms with E-state index in [9.17, 15) is 9.59 Å². The van der Waals surface area contributed by atoms with E-state index < -0.39 is 0 Å². The zero-order valence-corrected chi connectivity index (χ0v) is 19.0. The maximum atomic E-state index is 13.4. The number of benzene rings is 2. The fourth-order valence-corrected chi connectivity index (χ4v) is 4.56. The van der Waals surface area contributed by atoms with E-state index in [0.29, 0.717) is 18.5 Å². The summed E-state index contributed by atoms with van der Waals surface area (Å²) in [6, 6.07) is 19.5. The highest BCUT2D eigenvalue weighted by Gasteiger charge is 2.23. The average Bonchev–Trinajstić information content (AvgIpc) is 3.23. The number of anilines is 1. The Kier molecular flexibility index (Phi) is 6.33. The molecule has 0 aliphatic carbocycles. The molecule has 1 aliphatic heterocycles. The highest BCUT2D eigenvalue weighted by atomic mass is 16.2. The minimum atomic E-state index is -0.116.